The van der Waals surface area contributed by atoms with E-state index in [4.69, 9.17) is 5.73 Å². The number of anilines is 1. The summed E-state index contributed by atoms with van der Waals surface area (Å²) in [5.74, 6) is 0.665. The highest BCUT2D eigenvalue weighted by molar-refractivity contribution is 7.98. The van der Waals surface area contributed by atoms with E-state index < -0.39 is 0 Å². The van der Waals surface area contributed by atoms with Crippen LogP contribution in [0.4, 0.5) is 5.69 Å². The molecular formula is C14H24N2S. The van der Waals surface area contributed by atoms with E-state index in [9.17, 15) is 0 Å². The van der Waals surface area contributed by atoms with Crippen molar-refractivity contribution in [3.05, 3.63) is 23.8 Å². The van der Waals surface area contributed by atoms with E-state index in [1.54, 1.807) is 11.8 Å². The minimum absolute atomic E-state index is 0.612. The lowest BCUT2D eigenvalue weighted by Crippen LogP contribution is -2.28. The number of nitrogens with two attached hydrogens (primary N) is 1. The number of thioether (sulfide) groups is 1. The molecule has 3 heteroatoms. The van der Waals surface area contributed by atoms with Crippen molar-refractivity contribution >= 4 is 17.4 Å². The third-order valence-corrected chi connectivity index (χ3v) is 3.66. The van der Waals surface area contributed by atoms with Crippen molar-refractivity contribution < 1.29 is 0 Å². The Hall–Kier alpha value is -0.670. The SMILES string of the molecule is CCN(CC(C)C)c1cccc(SC)c1CN. The van der Waals surface area contributed by atoms with Crippen LogP contribution in [0.25, 0.3) is 0 Å². The fourth-order valence-electron chi connectivity index (χ4n) is 2.09. The molecule has 0 aromatic heterocycles. The summed E-state index contributed by atoms with van der Waals surface area (Å²) in [6, 6.07) is 6.47. The second-order valence-electron chi connectivity index (χ2n) is 4.59. The number of hydrogen-bond acceptors (Lipinski definition) is 3. The Kier molecular flexibility index (Phi) is 5.86. The highest BCUT2D eigenvalue weighted by Crippen LogP contribution is 2.29. The summed E-state index contributed by atoms with van der Waals surface area (Å²) < 4.78 is 0. The van der Waals surface area contributed by atoms with Crippen LogP contribution in [0.5, 0.6) is 0 Å². The van der Waals surface area contributed by atoms with Gasteiger partial charge in [-0.1, -0.05) is 19.9 Å². The maximum absolute atomic E-state index is 5.91. The Morgan fingerprint density at radius 3 is 2.53 bits per heavy atom. The van der Waals surface area contributed by atoms with Gasteiger partial charge in [-0.2, -0.15) is 0 Å². The van der Waals surface area contributed by atoms with E-state index in [0.717, 1.165) is 13.1 Å². The molecule has 1 aromatic rings. The van der Waals surface area contributed by atoms with Gasteiger partial charge < -0.3 is 10.6 Å². The largest absolute Gasteiger partial charge is 0.371 e. The van der Waals surface area contributed by atoms with Crippen molar-refractivity contribution in [2.75, 3.05) is 24.2 Å². The van der Waals surface area contributed by atoms with Gasteiger partial charge in [0.2, 0.25) is 0 Å². The summed E-state index contributed by atoms with van der Waals surface area (Å²) in [4.78, 5) is 3.72. The summed E-state index contributed by atoms with van der Waals surface area (Å²) in [6.45, 7) is 9.44. The fraction of sp³-hybridized carbons (Fsp3) is 0.571. The van der Waals surface area contributed by atoms with Crippen molar-refractivity contribution in [3.8, 4) is 0 Å². The molecule has 0 radical (unpaired) electrons. The van der Waals surface area contributed by atoms with Crippen LogP contribution in [0.2, 0.25) is 0 Å². The number of rotatable bonds is 6. The molecule has 0 aliphatic carbocycles. The molecule has 0 heterocycles. The Bertz CT molecular complexity index is 350. The van der Waals surface area contributed by atoms with Crippen molar-refractivity contribution in [3.63, 3.8) is 0 Å². The van der Waals surface area contributed by atoms with Crippen molar-refractivity contribution in [2.45, 2.75) is 32.2 Å². The van der Waals surface area contributed by atoms with Gasteiger partial charge in [0.25, 0.3) is 0 Å². The molecular weight excluding hydrogens is 228 g/mol. The highest BCUT2D eigenvalue weighted by atomic mass is 32.2. The second-order valence-corrected chi connectivity index (χ2v) is 5.44. The average Bonchev–Trinajstić information content (AvgIpc) is 2.34. The predicted octanol–water partition coefficient (Wildman–Crippen LogP) is 3.35. The van der Waals surface area contributed by atoms with Crippen LogP contribution in [-0.2, 0) is 6.54 Å². The molecule has 0 aliphatic rings. The molecule has 17 heavy (non-hydrogen) atoms. The fourth-order valence-corrected chi connectivity index (χ4v) is 2.73. The van der Waals surface area contributed by atoms with Gasteiger partial charge in [-0.05, 0) is 31.2 Å². The van der Waals surface area contributed by atoms with Crippen LogP contribution in [0, 0.1) is 5.92 Å². The van der Waals surface area contributed by atoms with Crippen LogP contribution in [0.3, 0.4) is 0 Å². The highest BCUT2D eigenvalue weighted by Gasteiger charge is 2.12. The molecule has 0 spiro atoms. The zero-order valence-corrected chi connectivity index (χ0v) is 12.2. The molecule has 0 saturated heterocycles. The molecule has 0 saturated carbocycles. The predicted molar refractivity (Wildman–Crippen MR) is 78.8 cm³/mol. The summed E-state index contributed by atoms with van der Waals surface area (Å²) in [7, 11) is 0. The summed E-state index contributed by atoms with van der Waals surface area (Å²) in [6.07, 6.45) is 2.11. The Morgan fingerprint density at radius 2 is 2.06 bits per heavy atom. The third kappa shape index (κ3) is 3.65. The molecule has 2 N–H and O–H groups in total. The van der Waals surface area contributed by atoms with Crippen LogP contribution in [0.1, 0.15) is 26.3 Å². The Morgan fingerprint density at radius 1 is 1.35 bits per heavy atom. The summed E-state index contributed by atoms with van der Waals surface area (Å²) in [5, 5.41) is 0. The quantitative estimate of drug-likeness (QED) is 0.787. The zero-order valence-electron chi connectivity index (χ0n) is 11.4. The lowest BCUT2D eigenvalue weighted by molar-refractivity contribution is 0.616. The molecule has 0 bridgehead atoms. The summed E-state index contributed by atoms with van der Waals surface area (Å²) in [5.41, 5.74) is 8.49. The van der Waals surface area contributed by atoms with E-state index in [0.29, 0.717) is 12.5 Å². The maximum Gasteiger partial charge on any atom is 0.0423 e. The first-order valence-corrected chi connectivity index (χ1v) is 7.47. The first kappa shape index (κ1) is 14.4. The Balaban J connectivity index is 3.09. The minimum atomic E-state index is 0.612. The van der Waals surface area contributed by atoms with E-state index in [1.165, 1.54) is 16.1 Å². The van der Waals surface area contributed by atoms with Crippen LogP contribution < -0.4 is 10.6 Å². The van der Waals surface area contributed by atoms with Crippen molar-refractivity contribution in [1.82, 2.24) is 0 Å². The lowest BCUT2D eigenvalue weighted by atomic mass is 10.1. The average molecular weight is 252 g/mol. The number of nitrogens with zero attached hydrogens (tertiary/aromatic N) is 1. The van der Waals surface area contributed by atoms with Gasteiger partial charge in [0, 0.05) is 35.8 Å². The molecule has 0 fully saturated rings. The summed E-state index contributed by atoms with van der Waals surface area (Å²) >= 11 is 1.77. The number of hydrogen-bond donors (Lipinski definition) is 1. The van der Waals surface area contributed by atoms with Crippen molar-refractivity contribution in [2.24, 2.45) is 11.7 Å². The number of benzene rings is 1. The standard InChI is InChI=1S/C14H24N2S/c1-5-16(10-11(2)3)13-7-6-8-14(17-4)12(13)9-15/h6-8,11H,5,9-10,15H2,1-4H3. The molecule has 0 amide bonds. The van der Waals surface area contributed by atoms with E-state index in [-0.39, 0.29) is 0 Å². The molecule has 96 valence electrons. The maximum atomic E-state index is 5.91. The molecule has 2 nitrogen and oxygen atoms in total. The van der Waals surface area contributed by atoms with Gasteiger partial charge in [-0.3, -0.25) is 0 Å². The van der Waals surface area contributed by atoms with Crippen LogP contribution in [0.15, 0.2) is 23.1 Å². The smallest absolute Gasteiger partial charge is 0.0423 e. The molecule has 0 aliphatic heterocycles. The molecule has 0 unspecified atom stereocenters. The van der Waals surface area contributed by atoms with Gasteiger partial charge in [0.15, 0.2) is 0 Å². The van der Waals surface area contributed by atoms with Crippen LogP contribution >= 0.6 is 11.8 Å². The monoisotopic (exact) mass is 252 g/mol. The van der Waals surface area contributed by atoms with Gasteiger partial charge in [-0.25, -0.2) is 0 Å². The van der Waals surface area contributed by atoms with Gasteiger partial charge in [0.05, 0.1) is 0 Å². The minimum Gasteiger partial charge on any atom is -0.371 e. The lowest BCUT2D eigenvalue weighted by Gasteiger charge is -2.28. The first-order chi connectivity index (χ1) is 8.13. The molecule has 0 atom stereocenters. The van der Waals surface area contributed by atoms with Crippen molar-refractivity contribution in [1.29, 1.82) is 0 Å². The van der Waals surface area contributed by atoms with Gasteiger partial charge >= 0.3 is 0 Å². The van der Waals surface area contributed by atoms with E-state index in [1.807, 2.05) is 0 Å². The third-order valence-electron chi connectivity index (χ3n) is 2.84. The molecule has 1 aromatic carbocycles. The topological polar surface area (TPSA) is 29.3 Å². The van der Waals surface area contributed by atoms with Gasteiger partial charge in [0.1, 0.15) is 0 Å². The van der Waals surface area contributed by atoms with E-state index >= 15 is 0 Å². The van der Waals surface area contributed by atoms with E-state index in [2.05, 4.69) is 50.1 Å². The molecule has 1 rings (SSSR count). The van der Waals surface area contributed by atoms with Crippen LogP contribution in [-0.4, -0.2) is 19.3 Å². The second kappa shape index (κ2) is 6.92. The van der Waals surface area contributed by atoms with Gasteiger partial charge in [-0.15, -0.1) is 11.8 Å². The zero-order chi connectivity index (χ0) is 12.8. The normalized spacial score (nSPS) is 10.9. The Labute approximate surface area is 110 Å². The first-order valence-electron chi connectivity index (χ1n) is 6.24.